The van der Waals surface area contributed by atoms with Gasteiger partial charge in [0, 0.05) is 22.3 Å². The lowest BCUT2D eigenvalue weighted by Crippen LogP contribution is -2.34. The summed E-state index contributed by atoms with van der Waals surface area (Å²) in [6, 6.07) is 10.9. The fraction of sp³-hybridized carbons (Fsp3) is 0.167. The van der Waals surface area contributed by atoms with Gasteiger partial charge in [-0.2, -0.15) is 0 Å². The zero-order chi connectivity index (χ0) is 25.1. The van der Waals surface area contributed by atoms with Crippen molar-refractivity contribution >= 4 is 40.8 Å². The van der Waals surface area contributed by atoms with Crippen LogP contribution in [0.1, 0.15) is 15.9 Å². The number of benzene rings is 3. The number of hydrogen-bond donors (Lipinski definition) is 2. The number of carbonyl (C=O) groups excluding carboxylic acids is 1. The van der Waals surface area contributed by atoms with Crippen LogP contribution in [0.2, 0.25) is 10.0 Å². The highest BCUT2D eigenvalue weighted by atomic mass is 35.5. The Morgan fingerprint density at radius 1 is 1.09 bits per heavy atom. The number of carboxylic acids is 1. The third kappa shape index (κ3) is 5.75. The quantitative estimate of drug-likeness (QED) is 0.432. The highest BCUT2D eigenvalue weighted by molar-refractivity contribution is 6.32. The summed E-state index contributed by atoms with van der Waals surface area (Å²) in [6.07, 6.45) is -1.07. The summed E-state index contributed by atoms with van der Waals surface area (Å²) in [6.45, 7) is 0.171. The number of hydrogen-bond acceptors (Lipinski definition) is 5. The fourth-order valence-corrected chi connectivity index (χ4v) is 3.70. The Hall–Kier alpha value is -3.56. The largest absolute Gasteiger partial charge is 0.488 e. The molecule has 0 spiro atoms. The molecule has 0 unspecified atom stereocenters. The summed E-state index contributed by atoms with van der Waals surface area (Å²) in [5, 5.41) is 11.4. The van der Waals surface area contributed by atoms with Crippen LogP contribution in [-0.2, 0) is 11.2 Å². The maximum Gasteiger partial charge on any atom is 0.307 e. The molecule has 1 atom stereocenters. The van der Waals surface area contributed by atoms with E-state index in [9.17, 15) is 18.4 Å². The molecule has 35 heavy (non-hydrogen) atoms. The molecule has 4 rings (SSSR count). The molecule has 1 heterocycles. The SMILES string of the molecule is O=C(O)Cc1cc(NC(=O)c2ccc(OC[C@@H]3COc4cc(Cl)ccc4O3)c(Cl)c2F)ccc1F. The van der Waals surface area contributed by atoms with E-state index in [1.807, 2.05) is 0 Å². The minimum atomic E-state index is -1.24. The predicted octanol–water partition coefficient (Wildman–Crippen LogP) is 5.37. The summed E-state index contributed by atoms with van der Waals surface area (Å²) in [7, 11) is 0. The minimum Gasteiger partial charge on any atom is -0.488 e. The van der Waals surface area contributed by atoms with E-state index in [2.05, 4.69) is 5.32 Å². The molecule has 1 aliphatic heterocycles. The van der Waals surface area contributed by atoms with Crippen molar-refractivity contribution in [2.24, 2.45) is 0 Å². The second-order valence-electron chi connectivity index (χ2n) is 7.52. The number of nitrogens with one attached hydrogen (secondary N) is 1. The predicted molar refractivity (Wildman–Crippen MR) is 124 cm³/mol. The van der Waals surface area contributed by atoms with Gasteiger partial charge in [-0.15, -0.1) is 0 Å². The second kappa shape index (κ2) is 10.4. The van der Waals surface area contributed by atoms with Crippen molar-refractivity contribution in [2.75, 3.05) is 18.5 Å². The third-order valence-corrected chi connectivity index (χ3v) is 5.57. The number of aliphatic carboxylic acids is 1. The zero-order valence-corrected chi connectivity index (χ0v) is 19.3. The van der Waals surface area contributed by atoms with Crippen LogP contribution >= 0.6 is 23.2 Å². The summed E-state index contributed by atoms with van der Waals surface area (Å²) in [5.41, 5.74) is -0.411. The normalized spacial score (nSPS) is 14.3. The zero-order valence-electron chi connectivity index (χ0n) is 17.8. The average Bonchev–Trinajstić information content (AvgIpc) is 2.81. The molecular weight excluding hydrogens is 507 g/mol. The second-order valence-corrected chi connectivity index (χ2v) is 8.34. The molecule has 2 N–H and O–H groups in total. The molecule has 11 heteroatoms. The van der Waals surface area contributed by atoms with Crippen LogP contribution < -0.4 is 19.5 Å². The van der Waals surface area contributed by atoms with Crippen LogP contribution in [0, 0.1) is 11.6 Å². The topological polar surface area (TPSA) is 94.1 Å². The van der Waals surface area contributed by atoms with Gasteiger partial charge >= 0.3 is 5.97 Å². The number of anilines is 1. The Morgan fingerprint density at radius 3 is 2.66 bits per heavy atom. The van der Waals surface area contributed by atoms with Crippen molar-refractivity contribution in [1.29, 1.82) is 0 Å². The van der Waals surface area contributed by atoms with Crippen LogP contribution in [0.25, 0.3) is 0 Å². The Balaban J connectivity index is 1.42. The van der Waals surface area contributed by atoms with E-state index in [-0.39, 0.29) is 35.8 Å². The number of fused-ring (bicyclic) bond motifs is 1. The van der Waals surface area contributed by atoms with Crippen LogP contribution in [-0.4, -0.2) is 36.3 Å². The lowest BCUT2D eigenvalue weighted by Gasteiger charge is -2.26. The van der Waals surface area contributed by atoms with Gasteiger partial charge < -0.3 is 24.6 Å². The van der Waals surface area contributed by atoms with Crippen molar-refractivity contribution in [3.63, 3.8) is 0 Å². The van der Waals surface area contributed by atoms with Crippen molar-refractivity contribution in [3.05, 3.63) is 81.3 Å². The molecule has 0 saturated heterocycles. The first-order valence-electron chi connectivity index (χ1n) is 10.2. The lowest BCUT2D eigenvalue weighted by molar-refractivity contribution is -0.136. The maximum atomic E-state index is 14.9. The van der Waals surface area contributed by atoms with E-state index < -0.39 is 41.1 Å². The number of rotatable bonds is 7. The highest BCUT2D eigenvalue weighted by Gasteiger charge is 2.24. The van der Waals surface area contributed by atoms with Crippen LogP contribution in [0.3, 0.4) is 0 Å². The number of carbonyl (C=O) groups is 2. The molecule has 0 aromatic heterocycles. The third-order valence-electron chi connectivity index (χ3n) is 4.99. The lowest BCUT2D eigenvalue weighted by atomic mass is 10.1. The smallest absolute Gasteiger partial charge is 0.307 e. The van der Waals surface area contributed by atoms with E-state index in [0.717, 1.165) is 12.1 Å². The summed E-state index contributed by atoms with van der Waals surface area (Å²) in [4.78, 5) is 23.4. The van der Waals surface area contributed by atoms with Gasteiger partial charge in [0.1, 0.15) is 29.8 Å². The van der Waals surface area contributed by atoms with E-state index >= 15 is 0 Å². The molecule has 7 nitrogen and oxygen atoms in total. The molecule has 182 valence electrons. The van der Waals surface area contributed by atoms with Crippen LogP contribution in [0.15, 0.2) is 48.5 Å². The highest BCUT2D eigenvalue weighted by Crippen LogP contribution is 2.35. The molecule has 1 amide bonds. The Bertz CT molecular complexity index is 1300. The van der Waals surface area contributed by atoms with E-state index in [0.29, 0.717) is 16.5 Å². The standard InChI is InChI=1S/C24H17Cl2F2NO6/c25-13-1-5-18-20(9-13)34-11-15(35-18)10-33-19-6-3-16(23(28)22(19)26)24(32)29-14-2-4-17(27)12(7-14)8-21(30)31/h1-7,9,15H,8,10-11H2,(H,29,32)(H,30,31)/t15-/m1/s1. The molecule has 0 fully saturated rings. The molecule has 3 aromatic carbocycles. The first-order valence-corrected chi connectivity index (χ1v) is 11.0. The van der Waals surface area contributed by atoms with Gasteiger partial charge in [0.15, 0.2) is 23.4 Å². The molecule has 0 saturated carbocycles. The monoisotopic (exact) mass is 523 g/mol. The molecule has 1 aliphatic rings. The Kier molecular flexibility index (Phi) is 7.28. The minimum absolute atomic E-state index is 0.00301. The maximum absolute atomic E-state index is 14.9. The first kappa shape index (κ1) is 24.6. The number of amides is 1. The number of carboxylic acid groups (broad SMARTS) is 1. The summed E-state index contributed by atoms with van der Waals surface area (Å²) >= 11 is 12.0. The molecule has 0 bridgehead atoms. The Morgan fingerprint density at radius 2 is 1.89 bits per heavy atom. The van der Waals surface area contributed by atoms with Crippen molar-refractivity contribution in [2.45, 2.75) is 12.5 Å². The number of halogens is 4. The van der Waals surface area contributed by atoms with E-state index in [1.54, 1.807) is 18.2 Å². The average molecular weight is 524 g/mol. The van der Waals surface area contributed by atoms with Crippen molar-refractivity contribution in [1.82, 2.24) is 0 Å². The van der Waals surface area contributed by atoms with Gasteiger partial charge in [0.05, 0.1) is 12.0 Å². The van der Waals surface area contributed by atoms with Crippen LogP contribution in [0.4, 0.5) is 14.5 Å². The van der Waals surface area contributed by atoms with Crippen molar-refractivity contribution < 1.29 is 37.7 Å². The van der Waals surface area contributed by atoms with Gasteiger partial charge in [-0.1, -0.05) is 23.2 Å². The van der Waals surface area contributed by atoms with Crippen LogP contribution in [0.5, 0.6) is 17.2 Å². The van der Waals surface area contributed by atoms with E-state index in [1.165, 1.54) is 18.2 Å². The molecule has 3 aromatic rings. The van der Waals surface area contributed by atoms with Gasteiger partial charge in [-0.3, -0.25) is 9.59 Å². The molecule has 0 radical (unpaired) electrons. The fourth-order valence-electron chi connectivity index (χ4n) is 3.32. The van der Waals surface area contributed by atoms with Gasteiger partial charge in [-0.25, -0.2) is 8.78 Å². The van der Waals surface area contributed by atoms with Gasteiger partial charge in [-0.05, 0) is 42.5 Å². The summed E-state index contributed by atoms with van der Waals surface area (Å²) < 4.78 is 45.6. The van der Waals surface area contributed by atoms with Gasteiger partial charge in [0.2, 0.25) is 0 Å². The molecular formula is C24H17Cl2F2NO6. The Labute approximate surface area is 208 Å². The van der Waals surface area contributed by atoms with E-state index in [4.69, 9.17) is 42.5 Å². The summed E-state index contributed by atoms with van der Waals surface area (Å²) in [5.74, 6) is -2.86. The molecule has 0 aliphatic carbocycles. The van der Waals surface area contributed by atoms with Gasteiger partial charge in [0.25, 0.3) is 5.91 Å². The van der Waals surface area contributed by atoms with Crippen molar-refractivity contribution in [3.8, 4) is 17.2 Å². The number of ether oxygens (including phenoxy) is 3. The first-order chi connectivity index (χ1) is 16.7.